The minimum atomic E-state index is -4.44. The van der Waals surface area contributed by atoms with Gasteiger partial charge in [0.2, 0.25) is 0 Å². The van der Waals surface area contributed by atoms with Crippen LogP contribution in [0.3, 0.4) is 0 Å². The second-order valence-electron chi connectivity index (χ2n) is 8.87. The molecule has 3 heterocycles. The normalized spacial score (nSPS) is 15.8. The van der Waals surface area contributed by atoms with Crippen LogP contribution < -0.4 is 10.8 Å². The van der Waals surface area contributed by atoms with E-state index in [-0.39, 0.29) is 12.4 Å². The third-order valence-electron chi connectivity index (χ3n) is 6.40. The van der Waals surface area contributed by atoms with Crippen LogP contribution in [0.15, 0.2) is 83.0 Å². The molecule has 1 unspecified atom stereocenters. The van der Waals surface area contributed by atoms with Crippen LogP contribution in [0.1, 0.15) is 42.1 Å². The highest BCUT2D eigenvalue weighted by Crippen LogP contribution is 2.38. The zero-order valence-electron chi connectivity index (χ0n) is 20.6. The van der Waals surface area contributed by atoms with Crippen molar-refractivity contribution in [3.8, 4) is 17.0 Å². The van der Waals surface area contributed by atoms with E-state index >= 15 is 0 Å². The number of carbonyl (C=O) groups is 1. The molecular formula is C29H24F3N3O3. The van der Waals surface area contributed by atoms with Crippen LogP contribution in [0.5, 0.6) is 5.75 Å². The third-order valence-corrected chi connectivity index (χ3v) is 6.40. The van der Waals surface area contributed by atoms with Crippen LogP contribution in [0.2, 0.25) is 0 Å². The minimum absolute atomic E-state index is 0.0814. The smallest absolute Gasteiger partial charge is 0.416 e. The Kier molecular flexibility index (Phi) is 6.44. The van der Waals surface area contributed by atoms with E-state index in [4.69, 9.17) is 4.74 Å². The van der Waals surface area contributed by atoms with Crippen molar-refractivity contribution in [2.75, 3.05) is 6.61 Å². The Morgan fingerprint density at radius 3 is 2.55 bits per heavy atom. The van der Waals surface area contributed by atoms with E-state index in [1.807, 2.05) is 30.3 Å². The van der Waals surface area contributed by atoms with Crippen LogP contribution in [0, 0.1) is 0 Å². The first-order chi connectivity index (χ1) is 18.2. The maximum atomic E-state index is 13.1. The molecular weight excluding hydrogens is 495 g/mol. The van der Waals surface area contributed by atoms with E-state index in [0.29, 0.717) is 44.6 Å². The van der Waals surface area contributed by atoms with Crippen LogP contribution in [-0.2, 0) is 15.7 Å². The first-order valence-corrected chi connectivity index (χ1v) is 12.0. The number of rotatable bonds is 5. The van der Waals surface area contributed by atoms with Gasteiger partial charge in [0.25, 0.3) is 0 Å². The summed E-state index contributed by atoms with van der Waals surface area (Å²) in [5.74, 6) is -1.19. The van der Waals surface area contributed by atoms with Crippen molar-refractivity contribution in [2.45, 2.75) is 25.9 Å². The molecule has 1 aliphatic heterocycles. The van der Waals surface area contributed by atoms with Gasteiger partial charge in [-0.2, -0.15) is 13.2 Å². The van der Waals surface area contributed by atoms with Crippen molar-refractivity contribution < 1.29 is 27.8 Å². The van der Waals surface area contributed by atoms with Crippen LogP contribution >= 0.6 is 0 Å². The summed E-state index contributed by atoms with van der Waals surface area (Å²) in [5, 5.41) is 11.6. The van der Waals surface area contributed by atoms with Gasteiger partial charge in [-0.1, -0.05) is 42.5 Å². The predicted octanol–water partition coefficient (Wildman–Crippen LogP) is 5.17. The van der Waals surface area contributed by atoms with Crippen molar-refractivity contribution in [1.82, 2.24) is 9.97 Å². The number of aromatic nitrogens is 2. The molecule has 2 aromatic carbocycles. The standard InChI is InChI=1S/C29H24F3N3O3/c1-3-38-28(37)23-16(2)33-27-25(24(23)17-8-5-4-6-9-17)26(36)22(35-27)15-20-12-13-21(34-20)18-10-7-11-19(14-18)29(30,31)32/h4-15,24,34,36H,3H2,1-2H3,(H,33,35). The molecule has 2 aromatic heterocycles. The van der Waals surface area contributed by atoms with Gasteiger partial charge >= 0.3 is 12.1 Å². The second kappa shape index (κ2) is 9.74. The summed E-state index contributed by atoms with van der Waals surface area (Å²) in [7, 11) is 0. The third kappa shape index (κ3) is 4.63. The van der Waals surface area contributed by atoms with Crippen LogP contribution in [-0.4, -0.2) is 27.7 Å². The second-order valence-corrected chi connectivity index (χ2v) is 8.87. The van der Waals surface area contributed by atoms with Gasteiger partial charge in [-0.05, 0) is 55.3 Å². The number of hydrogen-bond donors (Lipinski definition) is 3. The lowest BCUT2D eigenvalue weighted by Crippen LogP contribution is -2.26. The lowest BCUT2D eigenvalue weighted by Gasteiger charge is -2.23. The van der Waals surface area contributed by atoms with Gasteiger partial charge in [0.05, 0.1) is 40.3 Å². The number of ether oxygens (including phenoxy) is 1. The van der Waals surface area contributed by atoms with E-state index in [1.165, 1.54) is 6.07 Å². The first kappa shape index (κ1) is 25.1. The Labute approximate surface area is 215 Å². The van der Waals surface area contributed by atoms with E-state index in [0.717, 1.165) is 17.7 Å². The molecule has 0 spiro atoms. The number of nitrogens with one attached hydrogen (secondary N) is 2. The molecule has 3 N–H and O–H groups in total. The molecule has 0 saturated carbocycles. The number of nitrogens with zero attached hydrogens (tertiary/aromatic N) is 1. The summed E-state index contributed by atoms with van der Waals surface area (Å²) < 4.78 is 44.7. The topological polar surface area (TPSA) is 90.5 Å². The molecule has 0 fully saturated rings. The molecule has 0 radical (unpaired) electrons. The number of aromatic hydroxyl groups is 1. The molecule has 1 atom stereocenters. The fourth-order valence-corrected chi connectivity index (χ4v) is 4.69. The summed E-state index contributed by atoms with van der Waals surface area (Å²) in [6.07, 6.45) is -2.80. The maximum Gasteiger partial charge on any atom is 0.416 e. The van der Waals surface area contributed by atoms with Crippen molar-refractivity contribution in [2.24, 2.45) is 4.99 Å². The van der Waals surface area contributed by atoms with E-state index < -0.39 is 23.6 Å². The number of esters is 1. The van der Waals surface area contributed by atoms with Crippen LogP contribution in [0.25, 0.3) is 17.3 Å². The first-order valence-electron chi connectivity index (χ1n) is 12.0. The number of allylic oxidation sites excluding steroid dienone is 1. The number of fused-ring (bicyclic) bond motifs is 1. The monoisotopic (exact) mass is 519 g/mol. The highest BCUT2D eigenvalue weighted by molar-refractivity contribution is 5.92. The van der Waals surface area contributed by atoms with Gasteiger partial charge in [0.15, 0.2) is 0 Å². The largest absolute Gasteiger partial charge is 0.505 e. The van der Waals surface area contributed by atoms with Gasteiger partial charge in [0.1, 0.15) is 11.2 Å². The Hall–Kier alpha value is -4.53. The molecule has 6 nitrogen and oxygen atoms in total. The number of benzene rings is 2. The lowest BCUT2D eigenvalue weighted by atomic mass is 9.83. The zero-order valence-corrected chi connectivity index (χ0v) is 20.6. The predicted molar refractivity (Wildman–Crippen MR) is 136 cm³/mol. The van der Waals surface area contributed by atoms with Gasteiger partial charge in [-0.3, -0.25) is 0 Å². The SMILES string of the molecule is CCOC(=O)C1=C(C)N=c2[nH]c(=Cc3ccc(-c4cccc(C(F)(F)F)c4)[nH]3)c(O)c2C1c1ccccc1. The number of alkyl halides is 3. The fourth-order valence-electron chi connectivity index (χ4n) is 4.69. The Bertz CT molecular complexity index is 1660. The summed E-state index contributed by atoms with van der Waals surface area (Å²) in [6.45, 7) is 3.64. The molecule has 0 saturated heterocycles. The average molecular weight is 520 g/mol. The number of aromatic amines is 2. The maximum absolute atomic E-state index is 13.1. The molecule has 0 bridgehead atoms. The molecule has 4 aromatic rings. The van der Waals surface area contributed by atoms with Gasteiger partial charge < -0.3 is 19.8 Å². The molecule has 194 valence electrons. The minimum Gasteiger partial charge on any atom is -0.505 e. The van der Waals surface area contributed by atoms with Crippen LogP contribution in [0.4, 0.5) is 13.2 Å². The van der Waals surface area contributed by atoms with Crippen molar-refractivity contribution >= 4 is 12.0 Å². The van der Waals surface area contributed by atoms with E-state index in [9.17, 15) is 23.1 Å². The molecule has 38 heavy (non-hydrogen) atoms. The summed E-state index contributed by atoms with van der Waals surface area (Å²) >= 11 is 0. The molecule has 0 amide bonds. The van der Waals surface area contributed by atoms with Crippen molar-refractivity contribution in [3.63, 3.8) is 0 Å². The van der Waals surface area contributed by atoms with Gasteiger partial charge in [-0.15, -0.1) is 0 Å². The highest BCUT2D eigenvalue weighted by atomic mass is 19.4. The Morgan fingerprint density at radius 2 is 1.84 bits per heavy atom. The molecule has 1 aliphatic rings. The average Bonchev–Trinajstić information content (AvgIpc) is 3.48. The number of halogens is 3. The molecule has 9 heteroatoms. The zero-order chi connectivity index (χ0) is 27.0. The van der Waals surface area contributed by atoms with E-state index in [1.54, 1.807) is 38.1 Å². The Balaban J connectivity index is 1.59. The van der Waals surface area contributed by atoms with Crippen molar-refractivity contribution in [3.05, 3.63) is 111 Å². The van der Waals surface area contributed by atoms with Gasteiger partial charge in [-0.25, -0.2) is 9.79 Å². The number of carbonyl (C=O) groups excluding carboxylic acids is 1. The molecule has 5 rings (SSSR count). The molecule has 0 aliphatic carbocycles. The highest BCUT2D eigenvalue weighted by Gasteiger charge is 2.35. The number of hydrogen-bond acceptors (Lipinski definition) is 4. The number of H-pyrrole nitrogens is 2. The lowest BCUT2D eigenvalue weighted by molar-refractivity contribution is -0.139. The van der Waals surface area contributed by atoms with Gasteiger partial charge in [0, 0.05) is 11.4 Å². The fraction of sp³-hybridized carbons (Fsp3) is 0.172. The van der Waals surface area contributed by atoms with E-state index in [2.05, 4.69) is 15.0 Å². The Morgan fingerprint density at radius 1 is 1.08 bits per heavy atom. The quantitative estimate of drug-likeness (QED) is 0.318. The summed E-state index contributed by atoms with van der Waals surface area (Å²) in [4.78, 5) is 23.7. The summed E-state index contributed by atoms with van der Waals surface area (Å²) in [5.41, 5.74) is 3.16. The van der Waals surface area contributed by atoms with Crippen molar-refractivity contribution in [1.29, 1.82) is 0 Å². The summed E-state index contributed by atoms with van der Waals surface area (Å²) in [6, 6.07) is 17.7.